The zero-order valence-corrected chi connectivity index (χ0v) is 19.6. The number of carbonyl (C=O) groups excluding carboxylic acids is 3. The third-order valence-corrected chi connectivity index (χ3v) is 6.66. The summed E-state index contributed by atoms with van der Waals surface area (Å²) in [6.07, 6.45) is 1.41. The lowest BCUT2D eigenvalue weighted by Gasteiger charge is -2.35. The molecule has 1 atom stereocenters. The molecule has 0 spiro atoms. The number of carbonyl (C=O) groups is 3. The molecule has 0 bridgehead atoms. The van der Waals surface area contributed by atoms with Crippen molar-refractivity contribution in [2.75, 3.05) is 36.0 Å². The largest absolute Gasteiger partial charge is 0.365 e. The van der Waals surface area contributed by atoms with E-state index in [-0.39, 0.29) is 34.3 Å². The first-order valence-electron chi connectivity index (χ1n) is 11.6. The highest BCUT2D eigenvalue weighted by atomic mass is 16.6. The molecule has 0 aliphatic carbocycles. The van der Waals surface area contributed by atoms with Gasteiger partial charge in [-0.25, -0.2) is 4.90 Å². The van der Waals surface area contributed by atoms with E-state index in [0.29, 0.717) is 44.7 Å². The first-order valence-corrected chi connectivity index (χ1v) is 11.6. The maximum absolute atomic E-state index is 13.2. The number of rotatable bonds is 6. The maximum atomic E-state index is 13.2. The zero-order valence-electron chi connectivity index (χ0n) is 19.6. The number of aryl methyl sites for hydroxylation is 1. The van der Waals surface area contributed by atoms with Crippen molar-refractivity contribution >= 4 is 34.8 Å². The molecule has 2 aliphatic rings. The van der Waals surface area contributed by atoms with Gasteiger partial charge in [0.15, 0.2) is 0 Å². The lowest BCUT2D eigenvalue weighted by atomic mass is 9.95. The van der Waals surface area contributed by atoms with Gasteiger partial charge in [-0.1, -0.05) is 17.7 Å². The van der Waals surface area contributed by atoms with E-state index in [1.165, 1.54) is 12.1 Å². The van der Waals surface area contributed by atoms with Gasteiger partial charge in [-0.15, -0.1) is 0 Å². The number of benzene rings is 2. The Bertz CT molecular complexity index is 1160. The highest BCUT2D eigenvalue weighted by Crippen LogP contribution is 2.38. The average molecular weight is 465 g/mol. The minimum atomic E-state index is -0.577. The second-order valence-corrected chi connectivity index (χ2v) is 8.72. The fraction of sp³-hybridized carbons (Fsp3) is 0.400. The Kier molecular flexibility index (Phi) is 6.37. The SMILES string of the molecule is CCN(CC)C(=O)[C@H]1CCCN(c2cc3c(cc2[N+](=O)[O-])C(=O)N(c2ccc(C)cc2)C3=O)C1. The fourth-order valence-corrected chi connectivity index (χ4v) is 4.78. The molecule has 2 aliphatic heterocycles. The van der Waals surface area contributed by atoms with Crippen LogP contribution in [0.5, 0.6) is 0 Å². The number of piperidine rings is 1. The second-order valence-electron chi connectivity index (χ2n) is 8.72. The van der Waals surface area contributed by atoms with E-state index < -0.39 is 16.7 Å². The molecular formula is C25H28N4O5. The van der Waals surface area contributed by atoms with Crippen molar-refractivity contribution < 1.29 is 19.3 Å². The molecule has 9 nitrogen and oxygen atoms in total. The van der Waals surface area contributed by atoms with Crippen LogP contribution in [-0.2, 0) is 4.79 Å². The van der Waals surface area contributed by atoms with Gasteiger partial charge < -0.3 is 9.80 Å². The monoisotopic (exact) mass is 464 g/mol. The Hall–Kier alpha value is -3.75. The average Bonchev–Trinajstić information content (AvgIpc) is 3.09. The Morgan fingerprint density at radius 1 is 1.09 bits per heavy atom. The molecule has 0 aromatic heterocycles. The number of imide groups is 1. The van der Waals surface area contributed by atoms with Crippen molar-refractivity contribution in [2.45, 2.75) is 33.6 Å². The van der Waals surface area contributed by atoms with Crippen LogP contribution < -0.4 is 9.80 Å². The van der Waals surface area contributed by atoms with E-state index in [1.54, 1.807) is 34.1 Å². The van der Waals surface area contributed by atoms with Gasteiger partial charge in [-0.2, -0.15) is 0 Å². The van der Waals surface area contributed by atoms with Crippen LogP contribution in [0.4, 0.5) is 17.1 Å². The first-order chi connectivity index (χ1) is 16.3. The van der Waals surface area contributed by atoms with Gasteiger partial charge in [0.05, 0.1) is 27.7 Å². The topological polar surface area (TPSA) is 104 Å². The van der Waals surface area contributed by atoms with Gasteiger partial charge in [-0.3, -0.25) is 24.5 Å². The van der Waals surface area contributed by atoms with Gasteiger partial charge in [0.25, 0.3) is 17.5 Å². The van der Waals surface area contributed by atoms with Crippen LogP contribution in [-0.4, -0.2) is 53.7 Å². The number of anilines is 2. The van der Waals surface area contributed by atoms with Crippen LogP contribution >= 0.6 is 0 Å². The van der Waals surface area contributed by atoms with E-state index in [9.17, 15) is 24.5 Å². The summed E-state index contributed by atoms with van der Waals surface area (Å²) in [4.78, 5) is 55.2. The number of hydrogen-bond donors (Lipinski definition) is 0. The number of nitro benzene ring substituents is 1. The van der Waals surface area contributed by atoms with Gasteiger partial charge in [0, 0.05) is 32.2 Å². The van der Waals surface area contributed by atoms with Gasteiger partial charge in [0.2, 0.25) is 5.91 Å². The van der Waals surface area contributed by atoms with Gasteiger partial charge in [0.1, 0.15) is 5.69 Å². The fourth-order valence-electron chi connectivity index (χ4n) is 4.78. The molecule has 0 unspecified atom stereocenters. The minimum Gasteiger partial charge on any atom is -0.365 e. The summed E-state index contributed by atoms with van der Waals surface area (Å²) in [5.41, 5.74) is 1.60. The van der Waals surface area contributed by atoms with Crippen LogP contribution in [0.3, 0.4) is 0 Å². The summed E-state index contributed by atoms with van der Waals surface area (Å²) >= 11 is 0. The Labute approximate surface area is 198 Å². The summed E-state index contributed by atoms with van der Waals surface area (Å²) < 4.78 is 0. The molecule has 0 radical (unpaired) electrons. The number of nitrogens with zero attached hydrogens (tertiary/aromatic N) is 4. The van der Waals surface area contributed by atoms with Crippen molar-refractivity contribution in [2.24, 2.45) is 5.92 Å². The van der Waals surface area contributed by atoms with Crippen LogP contribution in [0.15, 0.2) is 36.4 Å². The van der Waals surface area contributed by atoms with Crippen molar-refractivity contribution in [3.63, 3.8) is 0 Å². The highest BCUT2D eigenvalue weighted by molar-refractivity contribution is 6.35. The van der Waals surface area contributed by atoms with Crippen LogP contribution in [0, 0.1) is 23.0 Å². The van der Waals surface area contributed by atoms with Crippen molar-refractivity contribution in [1.29, 1.82) is 0 Å². The summed E-state index contributed by atoms with van der Waals surface area (Å²) in [7, 11) is 0. The molecule has 4 rings (SSSR count). The van der Waals surface area contributed by atoms with Crippen molar-refractivity contribution in [3.8, 4) is 0 Å². The Morgan fingerprint density at radius 3 is 2.29 bits per heavy atom. The summed E-state index contributed by atoms with van der Waals surface area (Å²) in [5, 5.41) is 12.0. The third kappa shape index (κ3) is 4.02. The van der Waals surface area contributed by atoms with Crippen LogP contribution in [0.1, 0.15) is 53.0 Å². The second kappa shape index (κ2) is 9.24. The summed E-state index contributed by atoms with van der Waals surface area (Å²) in [6, 6.07) is 9.61. The molecule has 0 N–H and O–H groups in total. The molecule has 9 heteroatoms. The quantitative estimate of drug-likeness (QED) is 0.366. The number of hydrogen-bond acceptors (Lipinski definition) is 6. The van der Waals surface area contributed by atoms with Gasteiger partial charge in [-0.05, 0) is 51.8 Å². The summed E-state index contributed by atoms with van der Waals surface area (Å²) in [6.45, 7) is 7.83. The first kappa shape index (κ1) is 23.4. The van der Waals surface area contributed by atoms with E-state index in [0.717, 1.165) is 10.5 Å². The molecule has 178 valence electrons. The zero-order chi connectivity index (χ0) is 24.6. The van der Waals surface area contributed by atoms with Crippen LogP contribution in [0.25, 0.3) is 0 Å². The molecule has 1 saturated heterocycles. The molecule has 0 saturated carbocycles. The van der Waals surface area contributed by atoms with Crippen LogP contribution in [0.2, 0.25) is 0 Å². The molecule has 3 amide bonds. The summed E-state index contributed by atoms with van der Waals surface area (Å²) in [5.74, 6) is -1.32. The van der Waals surface area contributed by atoms with Crippen molar-refractivity contribution in [3.05, 3.63) is 63.2 Å². The molecule has 2 aromatic carbocycles. The van der Waals surface area contributed by atoms with E-state index >= 15 is 0 Å². The molecule has 2 heterocycles. The standard InChI is InChI=1S/C25H28N4O5/c1-4-26(5-2)23(30)17-7-6-12-27(15-17)21-13-19-20(14-22(21)29(33)34)25(32)28(24(19)31)18-10-8-16(3)9-11-18/h8-11,13-14,17H,4-7,12,15H2,1-3H3/t17-/m0/s1. The lowest BCUT2D eigenvalue weighted by Crippen LogP contribution is -2.45. The van der Waals surface area contributed by atoms with Crippen molar-refractivity contribution in [1.82, 2.24) is 4.90 Å². The molecule has 1 fully saturated rings. The lowest BCUT2D eigenvalue weighted by molar-refractivity contribution is -0.384. The molecule has 2 aromatic rings. The Morgan fingerprint density at radius 2 is 1.71 bits per heavy atom. The van der Waals surface area contributed by atoms with E-state index in [4.69, 9.17) is 0 Å². The maximum Gasteiger partial charge on any atom is 0.293 e. The third-order valence-electron chi connectivity index (χ3n) is 6.66. The highest BCUT2D eigenvalue weighted by Gasteiger charge is 2.40. The van der Waals surface area contributed by atoms with Gasteiger partial charge >= 0.3 is 0 Å². The normalized spacial score (nSPS) is 17.7. The predicted molar refractivity (Wildman–Crippen MR) is 128 cm³/mol. The predicted octanol–water partition coefficient (Wildman–Crippen LogP) is 3.79. The molecule has 34 heavy (non-hydrogen) atoms. The molecular weight excluding hydrogens is 436 g/mol. The van der Waals surface area contributed by atoms with E-state index in [2.05, 4.69) is 0 Å². The Balaban J connectivity index is 1.70. The number of amides is 3. The van der Waals surface area contributed by atoms with E-state index in [1.807, 2.05) is 20.8 Å². The smallest absolute Gasteiger partial charge is 0.293 e. The minimum absolute atomic E-state index is 0.0220. The number of nitro groups is 1. The number of fused-ring (bicyclic) bond motifs is 1.